The number of nitrogens with zero attached hydrogens (tertiary/aromatic N) is 1. The van der Waals surface area contributed by atoms with E-state index in [1.807, 2.05) is 36.4 Å². The van der Waals surface area contributed by atoms with Crippen LogP contribution in [-0.2, 0) is 4.79 Å². The Labute approximate surface area is 156 Å². The van der Waals surface area contributed by atoms with E-state index in [0.29, 0.717) is 17.3 Å². The van der Waals surface area contributed by atoms with E-state index < -0.39 is 0 Å². The number of hydrogen-bond donors (Lipinski definition) is 1. The van der Waals surface area contributed by atoms with Crippen molar-refractivity contribution >= 4 is 28.8 Å². The minimum atomic E-state index is -0.230. The Morgan fingerprint density at radius 3 is 2.59 bits per heavy atom. The van der Waals surface area contributed by atoms with Crippen molar-refractivity contribution < 1.29 is 13.6 Å². The molecule has 0 aliphatic heterocycles. The van der Waals surface area contributed by atoms with Crippen LogP contribution < -0.4 is 5.32 Å². The minimum Gasteiger partial charge on any atom is -0.465 e. The molecule has 4 aromatic rings. The average Bonchev–Trinajstić information content (AvgIpc) is 3.31. The summed E-state index contributed by atoms with van der Waals surface area (Å²) in [6, 6.07) is 15.0. The predicted molar refractivity (Wildman–Crippen MR) is 105 cm³/mol. The second-order valence-corrected chi connectivity index (χ2v) is 6.34. The topological polar surface area (TPSA) is 68.3 Å². The molecule has 0 saturated heterocycles. The first kappa shape index (κ1) is 16.8. The van der Waals surface area contributed by atoms with Crippen molar-refractivity contribution in [3.8, 4) is 11.5 Å². The first-order valence-electron chi connectivity index (χ1n) is 8.59. The van der Waals surface area contributed by atoms with Gasteiger partial charge >= 0.3 is 0 Å². The Morgan fingerprint density at radius 2 is 1.85 bits per heavy atom. The number of anilines is 1. The van der Waals surface area contributed by atoms with Gasteiger partial charge in [-0.1, -0.05) is 0 Å². The van der Waals surface area contributed by atoms with Gasteiger partial charge in [0.1, 0.15) is 11.3 Å². The molecule has 0 bridgehead atoms. The highest BCUT2D eigenvalue weighted by Gasteiger charge is 2.10. The van der Waals surface area contributed by atoms with Crippen LogP contribution in [0.1, 0.15) is 16.9 Å². The van der Waals surface area contributed by atoms with Gasteiger partial charge in [0.15, 0.2) is 5.58 Å². The van der Waals surface area contributed by atoms with Gasteiger partial charge in [-0.25, -0.2) is 4.98 Å². The van der Waals surface area contributed by atoms with Crippen LogP contribution in [-0.4, -0.2) is 10.9 Å². The van der Waals surface area contributed by atoms with Crippen molar-refractivity contribution in [2.45, 2.75) is 13.8 Å². The number of carbonyl (C=O) groups excluding carboxylic acids is 1. The van der Waals surface area contributed by atoms with Crippen LogP contribution in [0.2, 0.25) is 0 Å². The van der Waals surface area contributed by atoms with Crippen molar-refractivity contribution in [1.82, 2.24) is 4.98 Å². The van der Waals surface area contributed by atoms with Crippen LogP contribution in [0, 0.1) is 13.8 Å². The smallest absolute Gasteiger partial charge is 0.248 e. The minimum absolute atomic E-state index is 0.230. The van der Waals surface area contributed by atoms with E-state index in [1.54, 1.807) is 24.5 Å². The summed E-state index contributed by atoms with van der Waals surface area (Å²) in [6.07, 6.45) is 4.61. The fourth-order valence-corrected chi connectivity index (χ4v) is 2.73. The first-order chi connectivity index (χ1) is 13.1. The van der Waals surface area contributed by atoms with E-state index in [0.717, 1.165) is 16.7 Å². The van der Waals surface area contributed by atoms with Crippen molar-refractivity contribution in [3.63, 3.8) is 0 Å². The molecule has 0 aliphatic carbocycles. The van der Waals surface area contributed by atoms with Gasteiger partial charge in [-0.15, -0.1) is 0 Å². The normalized spacial score (nSPS) is 11.3. The number of nitrogens with one attached hydrogen (secondary N) is 1. The maximum absolute atomic E-state index is 12.0. The van der Waals surface area contributed by atoms with Crippen LogP contribution in [0.25, 0.3) is 28.6 Å². The number of oxazole rings is 1. The zero-order valence-corrected chi connectivity index (χ0v) is 15.0. The molecule has 0 saturated carbocycles. The standard InChI is InChI=1S/C22H18N2O3/c1-14-12-19-20(13-15(14)2)27-22(24-19)16-5-7-17(8-6-16)23-21(25)10-9-18-4-3-11-26-18/h3-13H,1-2H3,(H,23,25)/b10-9-. The molecule has 0 unspecified atom stereocenters. The fourth-order valence-electron chi connectivity index (χ4n) is 2.73. The largest absolute Gasteiger partial charge is 0.465 e. The van der Waals surface area contributed by atoms with Crippen LogP contribution in [0.5, 0.6) is 0 Å². The number of hydrogen-bond acceptors (Lipinski definition) is 4. The molecule has 0 aliphatic rings. The van der Waals surface area contributed by atoms with E-state index in [-0.39, 0.29) is 5.91 Å². The Morgan fingerprint density at radius 1 is 1.07 bits per heavy atom. The first-order valence-corrected chi connectivity index (χ1v) is 8.59. The third-order valence-electron chi connectivity index (χ3n) is 4.35. The highest BCUT2D eigenvalue weighted by atomic mass is 16.3. The second-order valence-electron chi connectivity index (χ2n) is 6.34. The Balaban J connectivity index is 1.49. The summed E-state index contributed by atoms with van der Waals surface area (Å²) in [7, 11) is 0. The SMILES string of the molecule is Cc1cc2nc(-c3ccc(NC(=O)/C=C\c4ccco4)cc3)oc2cc1C. The molecule has 27 heavy (non-hydrogen) atoms. The van der Waals surface area contributed by atoms with Gasteiger partial charge in [-0.2, -0.15) is 0 Å². The number of amides is 1. The molecular weight excluding hydrogens is 340 g/mol. The molecule has 134 valence electrons. The summed E-state index contributed by atoms with van der Waals surface area (Å²) < 4.78 is 11.0. The third kappa shape index (κ3) is 3.67. The number of benzene rings is 2. The number of furan rings is 1. The van der Waals surface area contributed by atoms with Gasteiger partial charge in [0.25, 0.3) is 0 Å². The molecule has 1 amide bonds. The fraction of sp³-hybridized carbons (Fsp3) is 0.0909. The number of aryl methyl sites for hydroxylation is 2. The maximum Gasteiger partial charge on any atom is 0.248 e. The van der Waals surface area contributed by atoms with Crippen LogP contribution in [0.15, 0.2) is 69.7 Å². The van der Waals surface area contributed by atoms with Crippen molar-refractivity contribution in [2.24, 2.45) is 0 Å². The molecule has 1 N–H and O–H groups in total. The maximum atomic E-state index is 12.0. The van der Waals surface area contributed by atoms with E-state index in [2.05, 4.69) is 24.1 Å². The van der Waals surface area contributed by atoms with Gasteiger partial charge in [0.05, 0.1) is 6.26 Å². The molecular formula is C22H18N2O3. The summed E-state index contributed by atoms with van der Waals surface area (Å²) in [5.74, 6) is 0.958. The lowest BCUT2D eigenvalue weighted by Crippen LogP contribution is -2.07. The molecule has 2 aromatic heterocycles. The average molecular weight is 358 g/mol. The van der Waals surface area contributed by atoms with Gasteiger partial charge < -0.3 is 14.2 Å². The van der Waals surface area contributed by atoms with E-state index in [9.17, 15) is 4.79 Å². The lowest BCUT2D eigenvalue weighted by molar-refractivity contribution is -0.111. The van der Waals surface area contributed by atoms with Gasteiger partial charge in [0, 0.05) is 17.3 Å². The molecule has 4 rings (SSSR count). The predicted octanol–water partition coefficient (Wildman–Crippen LogP) is 5.36. The summed E-state index contributed by atoms with van der Waals surface area (Å²) in [4.78, 5) is 16.5. The molecule has 0 fully saturated rings. The number of fused-ring (bicyclic) bond motifs is 1. The molecule has 0 radical (unpaired) electrons. The molecule has 0 spiro atoms. The van der Waals surface area contributed by atoms with Gasteiger partial charge in [0.2, 0.25) is 11.8 Å². The molecule has 0 atom stereocenters. The van der Waals surface area contributed by atoms with Crippen molar-refractivity contribution in [1.29, 1.82) is 0 Å². The highest BCUT2D eigenvalue weighted by Crippen LogP contribution is 2.27. The monoisotopic (exact) mass is 358 g/mol. The van der Waals surface area contributed by atoms with E-state index in [1.165, 1.54) is 17.2 Å². The Bertz CT molecular complexity index is 1080. The summed E-state index contributed by atoms with van der Waals surface area (Å²) >= 11 is 0. The lowest BCUT2D eigenvalue weighted by atomic mass is 10.1. The number of aromatic nitrogens is 1. The van der Waals surface area contributed by atoms with Crippen molar-refractivity contribution in [2.75, 3.05) is 5.32 Å². The molecule has 2 aromatic carbocycles. The molecule has 5 nitrogen and oxygen atoms in total. The van der Waals surface area contributed by atoms with Crippen LogP contribution >= 0.6 is 0 Å². The van der Waals surface area contributed by atoms with Crippen LogP contribution in [0.3, 0.4) is 0 Å². The van der Waals surface area contributed by atoms with Gasteiger partial charge in [-0.3, -0.25) is 4.79 Å². The lowest BCUT2D eigenvalue weighted by Gasteiger charge is -2.02. The Kier molecular flexibility index (Phi) is 4.34. The summed E-state index contributed by atoms with van der Waals surface area (Å²) in [6.45, 7) is 4.11. The number of rotatable bonds is 4. The molecule has 2 heterocycles. The Hall–Kier alpha value is -3.60. The third-order valence-corrected chi connectivity index (χ3v) is 4.35. The van der Waals surface area contributed by atoms with E-state index in [4.69, 9.17) is 8.83 Å². The van der Waals surface area contributed by atoms with Gasteiger partial charge in [-0.05, 0) is 79.6 Å². The summed E-state index contributed by atoms with van der Waals surface area (Å²) in [5.41, 5.74) is 5.51. The van der Waals surface area contributed by atoms with Crippen LogP contribution in [0.4, 0.5) is 5.69 Å². The zero-order valence-electron chi connectivity index (χ0n) is 15.0. The summed E-state index contributed by atoms with van der Waals surface area (Å²) in [5, 5.41) is 2.81. The molecule has 5 heteroatoms. The quantitative estimate of drug-likeness (QED) is 0.499. The number of carbonyl (C=O) groups is 1. The van der Waals surface area contributed by atoms with E-state index >= 15 is 0 Å². The zero-order chi connectivity index (χ0) is 18.8. The second kappa shape index (κ2) is 6.96. The van der Waals surface area contributed by atoms with Crippen molar-refractivity contribution in [3.05, 3.63) is 77.8 Å². The highest BCUT2D eigenvalue weighted by molar-refractivity contribution is 6.01.